The van der Waals surface area contributed by atoms with Crippen LogP contribution in [0.25, 0.3) is 0 Å². The number of rotatable bonds is 5. The van der Waals surface area contributed by atoms with E-state index in [1.54, 1.807) is 0 Å². The maximum absolute atomic E-state index is 8.67. The van der Waals surface area contributed by atoms with E-state index in [2.05, 4.69) is 42.1 Å². The van der Waals surface area contributed by atoms with Gasteiger partial charge in [-0.25, -0.2) is 0 Å². The minimum atomic E-state index is -0.0648. The molecule has 2 aliphatic rings. The summed E-state index contributed by atoms with van der Waals surface area (Å²) in [5.41, 5.74) is 1.28. The summed E-state index contributed by atoms with van der Waals surface area (Å²) in [5.74, 6) is 0.993. The highest BCUT2D eigenvalue weighted by atomic mass is 16.5. The Morgan fingerprint density at radius 3 is 2.38 bits per heavy atom. The zero-order chi connectivity index (χ0) is 17.6. The van der Waals surface area contributed by atoms with Crippen molar-refractivity contribution in [2.45, 2.75) is 38.7 Å². The molecule has 4 heteroatoms. The number of aliphatic hydroxyl groups is 1. The van der Waals surface area contributed by atoms with Gasteiger partial charge in [-0.3, -0.25) is 0 Å². The molecular weight excluding hydrogens is 300 g/mol. The van der Waals surface area contributed by atoms with Gasteiger partial charge >= 0.3 is 0 Å². The number of ether oxygens (including phenoxy) is 1. The molecule has 0 unspecified atom stereocenters. The molecule has 4 nitrogen and oxygen atoms in total. The third-order valence-corrected chi connectivity index (χ3v) is 4.14. The Labute approximate surface area is 147 Å². The fraction of sp³-hybridized carbons (Fsp3) is 0.600. The molecule has 0 aliphatic carbocycles. The normalized spacial score (nSPS) is 19.8. The monoisotopic (exact) mass is 332 g/mol. The van der Waals surface area contributed by atoms with Crippen molar-refractivity contribution in [3.8, 4) is 18.6 Å². The summed E-state index contributed by atoms with van der Waals surface area (Å²) in [6, 6.07) is 8.28. The number of aliphatic hydroxyl groups excluding tert-OH is 1. The lowest BCUT2D eigenvalue weighted by Crippen LogP contribution is -2.21. The maximum atomic E-state index is 8.67. The van der Waals surface area contributed by atoms with Crippen molar-refractivity contribution in [2.24, 2.45) is 0 Å². The van der Waals surface area contributed by atoms with Crippen LogP contribution in [0.3, 0.4) is 0 Å². The van der Waals surface area contributed by atoms with Crippen LogP contribution in [-0.4, -0.2) is 55.4 Å². The largest absolute Gasteiger partial charge is 0.494 e. The van der Waals surface area contributed by atoms with Crippen LogP contribution in [0.1, 0.15) is 31.2 Å². The van der Waals surface area contributed by atoms with Crippen molar-refractivity contribution in [1.82, 2.24) is 10.2 Å². The van der Waals surface area contributed by atoms with E-state index in [1.165, 1.54) is 38.0 Å². The highest BCUT2D eigenvalue weighted by Gasteiger charge is 2.10. The summed E-state index contributed by atoms with van der Waals surface area (Å²) in [6.45, 7) is 8.46. The van der Waals surface area contributed by atoms with Gasteiger partial charge in [0.15, 0.2) is 0 Å². The average Bonchev–Trinajstić information content (AvgIpc) is 3.29. The van der Waals surface area contributed by atoms with Crippen molar-refractivity contribution in [3.63, 3.8) is 0 Å². The van der Waals surface area contributed by atoms with E-state index >= 15 is 0 Å². The number of hydrogen-bond acceptors (Lipinski definition) is 4. The van der Waals surface area contributed by atoms with Crippen molar-refractivity contribution in [1.29, 1.82) is 0 Å². The molecule has 0 spiro atoms. The van der Waals surface area contributed by atoms with E-state index < -0.39 is 0 Å². The molecule has 2 saturated heterocycles. The van der Waals surface area contributed by atoms with Crippen LogP contribution in [0.2, 0.25) is 0 Å². The molecule has 1 aromatic carbocycles. The van der Waals surface area contributed by atoms with Crippen molar-refractivity contribution >= 4 is 0 Å². The first-order valence-electron chi connectivity index (χ1n) is 8.88. The fourth-order valence-corrected chi connectivity index (χ4v) is 2.76. The lowest BCUT2D eigenvalue weighted by molar-refractivity contribution is 0.196. The number of β-amino-alcohol motifs (C(OH)–C–C–N with tert-alkyl or cyclic N) is 1. The Hall–Kier alpha value is -1.54. The minimum absolute atomic E-state index is 0.0648. The number of likely N-dealkylation sites (tertiary alicyclic amines) is 1. The summed E-state index contributed by atoms with van der Waals surface area (Å²) in [7, 11) is 0. The minimum Gasteiger partial charge on any atom is -0.494 e. The van der Waals surface area contributed by atoms with E-state index in [4.69, 9.17) is 9.84 Å². The number of nitrogens with one attached hydrogen (secondary N) is 1. The van der Waals surface area contributed by atoms with Gasteiger partial charge in [0.1, 0.15) is 5.75 Å². The fourth-order valence-electron chi connectivity index (χ4n) is 2.76. The number of terminal acetylenes is 1. The first-order valence-corrected chi connectivity index (χ1v) is 8.88. The van der Waals surface area contributed by atoms with Gasteiger partial charge in [-0.2, -0.15) is 0 Å². The topological polar surface area (TPSA) is 44.7 Å². The summed E-state index contributed by atoms with van der Waals surface area (Å²) in [5, 5.41) is 11.7. The quantitative estimate of drug-likeness (QED) is 0.642. The Kier molecular flexibility index (Phi) is 11.0. The highest BCUT2D eigenvalue weighted by molar-refractivity contribution is 5.26. The SMILES string of the molecule is C#C.Cc1ccc(OCCCN2CCCC2)cc1.O[C@@H]1CCNC1. The zero-order valence-electron chi connectivity index (χ0n) is 14.9. The molecular formula is C20H32N2O2. The molecule has 1 aromatic rings. The summed E-state index contributed by atoms with van der Waals surface area (Å²) >= 11 is 0. The van der Waals surface area contributed by atoms with Crippen LogP contribution >= 0.6 is 0 Å². The Morgan fingerprint density at radius 1 is 1.21 bits per heavy atom. The predicted molar refractivity (Wildman–Crippen MR) is 100 cm³/mol. The van der Waals surface area contributed by atoms with E-state index in [0.29, 0.717) is 0 Å². The second kappa shape index (κ2) is 12.8. The summed E-state index contributed by atoms with van der Waals surface area (Å²) < 4.78 is 5.69. The molecule has 2 N–H and O–H groups in total. The van der Waals surface area contributed by atoms with Gasteiger partial charge < -0.3 is 20.1 Å². The van der Waals surface area contributed by atoms with Gasteiger partial charge in [0.05, 0.1) is 12.7 Å². The molecule has 2 heterocycles. The number of nitrogens with zero attached hydrogens (tertiary/aromatic N) is 1. The average molecular weight is 332 g/mol. The van der Waals surface area contributed by atoms with E-state index in [-0.39, 0.29) is 6.10 Å². The number of hydrogen-bond donors (Lipinski definition) is 2. The molecule has 1 atom stereocenters. The molecule has 0 saturated carbocycles. The maximum Gasteiger partial charge on any atom is 0.119 e. The molecule has 24 heavy (non-hydrogen) atoms. The Morgan fingerprint density at radius 2 is 1.88 bits per heavy atom. The first kappa shape index (κ1) is 20.5. The van der Waals surface area contributed by atoms with Crippen LogP contribution in [0.5, 0.6) is 5.75 Å². The smallest absolute Gasteiger partial charge is 0.119 e. The van der Waals surface area contributed by atoms with Gasteiger partial charge in [-0.1, -0.05) is 17.7 Å². The number of aryl methyl sites for hydroxylation is 1. The highest BCUT2D eigenvalue weighted by Crippen LogP contribution is 2.12. The standard InChI is InChI=1S/C14H21NO.C4H9NO.C2H2/c1-13-5-7-14(8-6-13)16-12-4-11-15-9-2-3-10-15;6-4-1-2-5-3-4;1-2/h5-8H,2-4,9-12H2,1H3;4-6H,1-3H2;1-2H/t;4-;/m.1./s1. The van der Waals surface area contributed by atoms with Gasteiger partial charge in [-0.15, -0.1) is 12.8 Å². The van der Waals surface area contributed by atoms with Crippen LogP contribution in [0.15, 0.2) is 24.3 Å². The lowest BCUT2D eigenvalue weighted by Gasteiger charge is -2.14. The molecule has 3 rings (SSSR count). The molecule has 0 amide bonds. The molecule has 0 aromatic heterocycles. The van der Waals surface area contributed by atoms with Crippen LogP contribution in [-0.2, 0) is 0 Å². The second-order valence-corrected chi connectivity index (χ2v) is 6.21. The van der Waals surface area contributed by atoms with E-state index in [1.807, 2.05) is 12.1 Å². The first-order chi connectivity index (χ1) is 11.7. The van der Waals surface area contributed by atoms with Crippen LogP contribution in [0, 0.1) is 19.8 Å². The molecule has 2 aliphatic heterocycles. The zero-order valence-corrected chi connectivity index (χ0v) is 14.9. The number of benzene rings is 1. The lowest BCUT2D eigenvalue weighted by atomic mass is 10.2. The van der Waals surface area contributed by atoms with E-state index in [0.717, 1.165) is 38.3 Å². The second-order valence-electron chi connectivity index (χ2n) is 6.21. The van der Waals surface area contributed by atoms with Crippen LogP contribution < -0.4 is 10.1 Å². The summed E-state index contributed by atoms with van der Waals surface area (Å²) in [4.78, 5) is 2.53. The van der Waals surface area contributed by atoms with Crippen molar-refractivity contribution in [3.05, 3.63) is 29.8 Å². The third kappa shape index (κ3) is 8.93. The van der Waals surface area contributed by atoms with Crippen LogP contribution in [0.4, 0.5) is 0 Å². The van der Waals surface area contributed by atoms with E-state index in [9.17, 15) is 0 Å². The Bertz CT molecular complexity index is 433. The molecule has 0 bridgehead atoms. The molecule has 2 fully saturated rings. The van der Waals surface area contributed by atoms with Gasteiger partial charge in [0.2, 0.25) is 0 Å². The third-order valence-electron chi connectivity index (χ3n) is 4.14. The van der Waals surface area contributed by atoms with Crippen molar-refractivity contribution in [2.75, 3.05) is 39.3 Å². The molecule has 134 valence electrons. The Balaban J connectivity index is 0.000000300. The van der Waals surface area contributed by atoms with Crippen molar-refractivity contribution < 1.29 is 9.84 Å². The van der Waals surface area contributed by atoms with Gasteiger partial charge in [-0.05, 0) is 64.4 Å². The molecule has 0 radical (unpaired) electrons. The van der Waals surface area contributed by atoms with Gasteiger partial charge in [0, 0.05) is 13.1 Å². The predicted octanol–water partition coefficient (Wildman–Crippen LogP) is 2.45. The summed E-state index contributed by atoms with van der Waals surface area (Å²) in [6.07, 6.45) is 12.7. The van der Waals surface area contributed by atoms with Gasteiger partial charge in [0.25, 0.3) is 0 Å².